The number of hydrogen-bond donors (Lipinski definition) is 3. The zero-order valence-corrected chi connectivity index (χ0v) is 21.8. The molecule has 9 heteroatoms. The van der Waals surface area contributed by atoms with Crippen LogP contribution in [0.1, 0.15) is 20.8 Å². The molecule has 3 aromatic carbocycles. The minimum atomic E-state index is -0.392. The first-order valence-electron chi connectivity index (χ1n) is 11.7. The van der Waals surface area contributed by atoms with Crippen LogP contribution in [0.2, 0.25) is 0 Å². The lowest BCUT2D eigenvalue weighted by molar-refractivity contribution is 0.103. The highest BCUT2D eigenvalue weighted by atomic mass is 32.1. The van der Waals surface area contributed by atoms with Crippen LogP contribution in [0.3, 0.4) is 0 Å². The Morgan fingerprint density at radius 3 is 2.47 bits per heavy atom. The number of carbonyl (C=O) groups is 1. The highest BCUT2D eigenvalue weighted by molar-refractivity contribution is 7.21. The van der Waals surface area contributed by atoms with Gasteiger partial charge in [0.05, 0.1) is 11.4 Å². The Balaban J connectivity index is 1.36. The van der Waals surface area contributed by atoms with Gasteiger partial charge in [0.25, 0.3) is 5.91 Å². The molecule has 0 unspecified atom stereocenters. The number of fused-ring (bicyclic) bond motifs is 2. The molecular formula is C29H20N6OS2. The molecule has 0 radical (unpaired) electrons. The highest BCUT2D eigenvalue weighted by Gasteiger charge is 2.25. The summed E-state index contributed by atoms with van der Waals surface area (Å²) in [5, 5.41) is 17.9. The topological polar surface area (TPSA) is 131 Å². The molecule has 3 heterocycles. The molecule has 0 bridgehead atoms. The van der Waals surface area contributed by atoms with Crippen molar-refractivity contribution in [1.29, 1.82) is 5.26 Å². The Kier molecular flexibility index (Phi) is 5.76. The third-order valence-corrected chi connectivity index (χ3v) is 8.19. The number of nitrogens with two attached hydrogens (primary N) is 2. The van der Waals surface area contributed by atoms with Gasteiger partial charge in [-0.05, 0) is 29.3 Å². The van der Waals surface area contributed by atoms with Crippen LogP contribution in [0, 0.1) is 18.3 Å². The third kappa shape index (κ3) is 4.02. The lowest BCUT2D eigenvalue weighted by Gasteiger charge is -2.10. The average molecular weight is 533 g/mol. The molecule has 0 aliphatic rings. The van der Waals surface area contributed by atoms with Crippen LogP contribution in [0.4, 0.5) is 16.6 Å². The van der Waals surface area contributed by atoms with Gasteiger partial charge >= 0.3 is 0 Å². The molecule has 38 heavy (non-hydrogen) atoms. The Morgan fingerprint density at radius 1 is 0.974 bits per heavy atom. The SMILES string of the molecule is Cc1ccc(-c2c(C#N)c(N)nc3sc(C(=O)Nc4nc(-c5ccc6ccccc6c5)cs4)c(N)c23)cc1. The van der Waals surface area contributed by atoms with E-state index in [1.165, 1.54) is 11.3 Å². The number of rotatable bonds is 4. The molecule has 0 aliphatic heterocycles. The quantitative estimate of drug-likeness (QED) is 0.228. The molecule has 0 saturated heterocycles. The molecule has 5 N–H and O–H groups in total. The smallest absolute Gasteiger partial charge is 0.269 e. The minimum absolute atomic E-state index is 0.101. The Morgan fingerprint density at radius 2 is 1.71 bits per heavy atom. The van der Waals surface area contributed by atoms with Crippen molar-refractivity contribution in [3.63, 3.8) is 0 Å². The maximum absolute atomic E-state index is 13.3. The minimum Gasteiger partial charge on any atom is -0.397 e. The average Bonchev–Trinajstić information content (AvgIpc) is 3.52. The summed E-state index contributed by atoms with van der Waals surface area (Å²) in [6, 6.07) is 24.1. The van der Waals surface area contributed by atoms with Crippen LogP contribution >= 0.6 is 22.7 Å². The number of nitrogen functional groups attached to an aromatic ring is 2. The van der Waals surface area contributed by atoms with Gasteiger partial charge in [0.2, 0.25) is 0 Å². The van der Waals surface area contributed by atoms with E-state index in [0.717, 1.165) is 44.5 Å². The van der Waals surface area contributed by atoms with E-state index < -0.39 is 5.91 Å². The van der Waals surface area contributed by atoms with Crippen molar-refractivity contribution in [2.24, 2.45) is 0 Å². The number of hydrogen-bond acceptors (Lipinski definition) is 8. The van der Waals surface area contributed by atoms with E-state index in [2.05, 4.69) is 45.6 Å². The molecule has 6 rings (SSSR count). The van der Waals surface area contributed by atoms with Crippen molar-refractivity contribution < 1.29 is 4.79 Å². The van der Waals surface area contributed by atoms with Crippen LogP contribution in [0.15, 0.2) is 72.1 Å². The molecule has 1 amide bonds. The number of aryl methyl sites for hydroxylation is 1. The van der Waals surface area contributed by atoms with E-state index in [1.54, 1.807) is 0 Å². The molecule has 7 nitrogen and oxygen atoms in total. The number of anilines is 3. The van der Waals surface area contributed by atoms with Crippen LogP contribution in [-0.4, -0.2) is 15.9 Å². The van der Waals surface area contributed by atoms with Gasteiger partial charge in [0, 0.05) is 21.9 Å². The van der Waals surface area contributed by atoms with E-state index in [-0.39, 0.29) is 21.9 Å². The number of nitrogens with zero attached hydrogens (tertiary/aromatic N) is 3. The number of pyridine rings is 1. The summed E-state index contributed by atoms with van der Waals surface area (Å²) in [5.74, 6) is -0.291. The van der Waals surface area contributed by atoms with Gasteiger partial charge in [0.15, 0.2) is 5.13 Å². The molecule has 6 aromatic rings. The fourth-order valence-electron chi connectivity index (χ4n) is 4.43. The van der Waals surface area contributed by atoms with Gasteiger partial charge < -0.3 is 11.5 Å². The molecule has 3 aromatic heterocycles. The van der Waals surface area contributed by atoms with Crippen molar-refractivity contribution in [2.45, 2.75) is 6.92 Å². The van der Waals surface area contributed by atoms with Gasteiger partial charge in [-0.15, -0.1) is 22.7 Å². The molecule has 184 valence electrons. The normalized spacial score (nSPS) is 11.1. The van der Waals surface area contributed by atoms with E-state index in [9.17, 15) is 10.1 Å². The fraction of sp³-hybridized carbons (Fsp3) is 0.0345. The van der Waals surface area contributed by atoms with Crippen molar-refractivity contribution in [2.75, 3.05) is 16.8 Å². The Hall–Kier alpha value is -4.78. The maximum atomic E-state index is 13.3. The Labute approximate surface area is 226 Å². The number of nitriles is 1. The van der Waals surface area contributed by atoms with Crippen molar-refractivity contribution in [1.82, 2.24) is 9.97 Å². The van der Waals surface area contributed by atoms with Crippen LogP contribution < -0.4 is 16.8 Å². The molecule has 0 fully saturated rings. The summed E-state index contributed by atoms with van der Waals surface area (Å²) >= 11 is 2.48. The number of carbonyl (C=O) groups excluding carboxylic acids is 1. The maximum Gasteiger partial charge on any atom is 0.269 e. The highest BCUT2D eigenvalue weighted by Crippen LogP contribution is 2.43. The number of thiophene rings is 1. The molecule has 0 saturated carbocycles. The molecule has 0 aliphatic carbocycles. The lowest BCUT2D eigenvalue weighted by Crippen LogP contribution is -2.11. The van der Waals surface area contributed by atoms with Gasteiger partial charge in [-0.3, -0.25) is 10.1 Å². The van der Waals surface area contributed by atoms with Gasteiger partial charge in [-0.2, -0.15) is 5.26 Å². The second-order valence-corrected chi connectivity index (χ2v) is 10.7. The lowest BCUT2D eigenvalue weighted by atomic mass is 9.96. The molecular weight excluding hydrogens is 512 g/mol. The fourth-order valence-corrected chi connectivity index (χ4v) is 6.15. The van der Waals surface area contributed by atoms with E-state index in [4.69, 9.17) is 11.5 Å². The summed E-state index contributed by atoms with van der Waals surface area (Å²) < 4.78 is 0. The van der Waals surface area contributed by atoms with E-state index in [1.807, 2.05) is 54.8 Å². The van der Waals surface area contributed by atoms with Crippen molar-refractivity contribution in [3.05, 3.63) is 88.1 Å². The zero-order valence-electron chi connectivity index (χ0n) is 20.1. The number of amides is 1. The van der Waals surface area contributed by atoms with Crippen LogP contribution in [0.25, 0.3) is 43.4 Å². The first-order valence-corrected chi connectivity index (χ1v) is 13.4. The summed E-state index contributed by atoms with van der Waals surface area (Å²) in [5.41, 5.74) is 17.3. The predicted octanol–water partition coefficient (Wildman–Crippen LogP) is 6.84. The largest absolute Gasteiger partial charge is 0.397 e. The number of benzene rings is 3. The Bertz CT molecular complexity index is 1910. The summed E-state index contributed by atoms with van der Waals surface area (Å²) in [7, 11) is 0. The van der Waals surface area contributed by atoms with Crippen molar-refractivity contribution >= 4 is 66.2 Å². The summed E-state index contributed by atoms with van der Waals surface area (Å²) in [4.78, 5) is 23.1. The summed E-state index contributed by atoms with van der Waals surface area (Å²) in [6.45, 7) is 1.98. The van der Waals surface area contributed by atoms with E-state index in [0.29, 0.717) is 20.9 Å². The van der Waals surface area contributed by atoms with Gasteiger partial charge in [0.1, 0.15) is 27.2 Å². The standard InChI is InChI=1S/C29H20N6OS2/c1-15-6-8-17(9-7-15)22-20(13-30)26(32)34-28-23(22)24(31)25(38-28)27(36)35-29-33-21(14-37-29)19-11-10-16-4-2-3-5-18(16)12-19/h2-12,14H,31H2,1H3,(H2,32,34)(H,33,35,36). The number of nitrogens with one attached hydrogen (secondary N) is 1. The zero-order chi connectivity index (χ0) is 26.4. The number of thiazole rings is 1. The molecule has 0 atom stereocenters. The van der Waals surface area contributed by atoms with Gasteiger partial charge in [-0.25, -0.2) is 9.97 Å². The van der Waals surface area contributed by atoms with E-state index >= 15 is 0 Å². The second kappa shape index (κ2) is 9.27. The summed E-state index contributed by atoms with van der Waals surface area (Å²) in [6.07, 6.45) is 0. The molecule has 0 spiro atoms. The van der Waals surface area contributed by atoms with Crippen LogP contribution in [0.5, 0.6) is 0 Å². The third-order valence-electron chi connectivity index (χ3n) is 6.33. The second-order valence-electron chi connectivity index (χ2n) is 8.80. The van der Waals surface area contributed by atoms with Gasteiger partial charge in [-0.1, -0.05) is 66.2 Å². The monoisotopic (exact) mass is 532 g/mol. The predicted molar refractivity (Wildman–Crippen MR) is 156 cm³/mol. The van der Waals surface area contributed by atoms with Crippen LogP contribution in [-0.2, 0) is 0 Å². The first-order chi connectivity index (χ1) is 18.4. The number of aromatic nitrogens is 2. The van der Waals surface area contributed by atoms with Crippen molar-refractivity contribution in [3.8, 4) is 28.5 Å². The first kappa shape index (κ1) is 23.6.